The fraction of sp³-hybridized carbons (Fsp3) is 0.300. The first-order valence-electron chi connectivity index (χ1n) is 4.06. The highest BCUT2D eigenvalue weighted by Gasteiger charge is 2.03. The van der Waals surface area contributed by atoms with Gasteiger partial charge >= 0.3 is 0 Å². The van der Waals surface area contributed by atoms with Gasteiger partial charge in [0.05, 0.1) is 5.75 Å². The van der Waals surface area contributed by atoms with E-state index in [1.165, 1.54) is 0 Å². The zero-order chi connectivity index (χ0) is 9.52. The fourth-order valence-electron chi connectivity index (χ4n) is 0.927. The molecule has 0 aliphatic rings. The van der Waals surface area contributed by atoms with Gasteiger partial charge in [-0.15, -0.1) is 11.6 Å². The van der Waals surface area contributed by atoms with Gasteiger partial charge in [-0.1, -0.05) is 30.3 Å². The first-order valence-corrected chi connectivity index (χ1v) is 5.75. The minimum Gasteiger partial charge on any atom is -0.293 e. The number of halogens is 1. The number of ketones is 1. The Kier molecular flexibility index (Phi) is 4.94. The van der Waals surface area contributed by atoms with Crippen molar-refractivity contribution in [3.8, 4) is 0 Å². The molecule has 13 heavy (non-hydrogen) atoms. The molecule has 0 aromatic heterocycles. The molecule has 0 fully saturated rings. The van der Waals surface area contributed by atoms with Gasteiger partial charge in [-0.05, 0) is 0 Å². The minimum atomic E-state index is 0.177. The van der Waals surface area contributed by atoms with Crippen molar-refractivity contribution < 1.29 is 4.79 Å². The van der Waals surface area contributed by atoms with E-state index in [0.29, 0.717) is 11.6 Å². The molecule has 3 heteroatoms. The molecule has 70 valence electrons. The number of alkyl halides is 1. The van der Waals surface area contributed by atoms with Crippen LogP contribution >= 0.6 is 23.4 Å². The molecular formula is C10H11ClOS. The van der Waals surface area contributed by atoms with Crippen LogP contribution in [0.1, 0.15) is 10.4 Å². The van der Waals surface area contributed by atoms with Crippen LogP contribution in [-0.2, 0) is 0 Å². The fourth-order valence-corrected chi connectivity index (χ4v) is 1.86. The van der Waals surface area contributed by atoms with E-state index in [0.717, 1.165) is 11.3 Å². The Balaban J connectivity index is 2.40. The second kappa shape index (κ2) is 6.06. The predicted octanol–water partition coefficient (Wildman–Crippen LogP) is 2.84. The Hall–Kier alpha value is -0.470. The average Bonchev–Trinajstić information content (AvgIpc) is 2.19. The molecule has 0 spiro atoms. The third kappa shape index (κ3) is 3.83. The number of carbonyl (C=O) groups is 1. The van der Waals surface area contributed by atoms with Crippen LogP contribution in [0.25, 0.3) is 0 Å². The average molecular weight is 215 g/mol. The van der Waals surface area contributed by atoms with Crippen LogP contribution in [0, 0.1) is 0 Å². The Labute approximate surface area is 87.5 Å². The molecule has 1 rings (SSSR count). The smallest absolute Gasteiger partial charge is 0.172 e. The van der Waals surface area contributed by atoms with Gasteiger partial charge in [-0.2, -0.15) is 11.8 Å². The molecule has 1 aromatic carbocycles. The molecule has 1 nitrogen and oxygen atoms in total. The molecule has 0 radical (unpaired) electrons. The number of hydrogen-bond donors (Lipinski definition) is 0. The summed E-state index contributed by atoms with van der Waals surface area (Å²) in [4.78, 5) is 11.5. The Morgan fingerprint density at radius 3 is 2.62 bits per heavy atom. The molecule has 0 N–H and O–H groups in total. The lowest BCUT2D eigenvalue weighted by Crippen LogP contribution is -2.02. The number of rotatable bonds is 5. The highest BCUT2D eigenvalue weighted by Crippen LogP contribution is 2.07. The van der Waals surface area contributed by atoms with E-state index in [9.17, 15) is 4.79 Å². The molecule has 0 amide bonds. The normalized spacial score (nSPS) is 9.92. The molecule has 0 heterocycles. The van der Waals surface area contributed by atoms with Crippen molar-refractivity contribution >= 4 is 29.1 Å². The van der Waals surface area contributed by atoms with E-state index in [1.807, 2.05) is 30.3 Å². The first-order chi connectivity index (χ1) is 6.34. The van der Waals surface area contributed by atoms with Crippen molar-refractivity contribution in [2.45, 2.75) is 0 Å². The number of hydrogen-bond acceptors (Lipinski definition) is 2. The second-order valence-corrected chi connectivity index (χ2v) is 4.01. The predicted molar refractivity (Wildman–Crippen MR) is 58.8 cm³/mol. The Morgan fingerprint density at radius 2 is 2.00 bits per heavy atom. The van der Waals surface area contributed by atoms with Gasteiger partial charge in [0.2, 0.25) is 0 Å². The summed E-state index contributed by atoms with van der Waals surface area (Å²) < 4.78 is 0. The number of Topliss-reactive ketones (excluding diaryl/α,β-unsaturated/α-hetero) is 1. The van der Waals surface area contributed by atoms with Crippen LogP contribution in [0.15, 0.2) is 30.3 Å². The standard InChI is InChI=1S/C10H11ClOS/c11-6-7-13-8-10(12)9-4-2-1-3-5-9/h1-5H,6-8H2. The highest BCUT2D eigenvalue weighted by atomic mass is 35.5. The maximum absolute atomic E-state index is 11.5. The second-order valence-electron chi connectivity index (χ2n) is 2.53. The van der Waals surface area contributed by atoms with Gasteiger partial charge in [0.25, 0.3) is 0 Å². The van der Waals surface area contributed by atoms with Crippen LogP contribution in [-0.4, -0.2) is 23.2 Å². The molecule has 0 aliphatic heterocycles. The van der Waals surface area contributed by atoms with Gasteiger partial charge in [0.1, 0.15) is 0 Å². The lowest BCUT2D eigenvalue weighted by molar-refractivity contribution is 0.102. The van der Waals surface area contributed by atoms with Crippen molar-refractivity contribution in [2.24, 2.45) is 0 Å². The summed E-state index contributed by atoms with van der Waals surface area (Å²) >= 11 is 7.07. The van der Waals surface area contributed by atoms with Crippen LogP contribution in [0.3, 0.4) is 0 Å². The van der Waals surface area contributed by atoms with Crippen molar-refractivity contribution in [3.63, 3.8) is 0 Å². The maximum Gasteiger partial charge on any atom is 0.172 e. The Morgan fingerprint density at radius 1 is 1.31 bits per heavy atom. The summed E-state index contributed by atoms with van der Waals surface area (Å²) in [6.07, 6.45) is 0. The van der Waals surface area contributed by atoms with Crippen LogP contribution in [0.2, 0.25) is 0 Å². The van der Waals surface area contributed by atoms with Crippen molar-refractivity contribution in [1.82, 2.24) is 0 Å². The molecule has 0 saturated heterocycles. The van der Waals surface area contributed by atoms with Crippen LogP contribution in [0.4, 0.5) is 0 Å². The topological polar surface area (TPSA) is 17.1 Å². The highest BCUT2D eigenvalue weighted by molar-refractivity contribution is 8.00. The third-order valence-electron chi connectivity index (χ3n) is 1.55. The molecule has 0 saturated carbocycles. The number of carbonyl (C=O) groups excluding carboxylic acids is 1. The lowest BCUT2D eigenvalue weighted by Gasteiger charge is -1.98. The van der Waals surface area contributed by atoms with Gasteiger partial charge in [-0.25, -0.2) is 0 Å². The van der Waals surface area contributed by atoms with Crippen molar-refractivity contribution in [3.05, 3.63) is 35.9 Å². The zero-order valence-electron chi connectivity index (χ0n) is 7.20. The number of benzene rings is 1. The summed E-state index contributed by atoms with van der Waals surface area (Å²) in [6.45, 7) is 0. The van der Waals surface area contributed by atoms with E-state index in [-0.39, 0.29) is 5.78 Å². The summed E-state index contributed by atoms with van der Waals surface area (Å²) in [5.41, 5.74) is 0.782. The SMILES string of the molecule is O=C(CSCCCl)c1ccccc1. The quantitative estimate of drug-likeness (QED) is 0.426. The molecule has 0 aliphatic carbocycles. The van der Waals surface area contributed by atoms with E-state index in [1.54, 1.807) is 11.8 Å². The van der Waals surface area contributed by atoms with Gasteiger partial charge in [0, 0.05) is 17.2 Å². The molecule has 0 unspecified atom stereocenters. The van der Waals surface area contributed by atoms with Crippen LogP contribution < -0.4 is 0 Å². The molecular weight excluding hydrogens is 204 g/mol. The molecule has 1 aromatic rings. The summed E-state index contributed by atoms with van der Waals surface area (Å²) in [7, 11) is 0. The van der Waals surface area contributed by atoms with Gasteiger partial charge in [0.15, 0.2) is 5.78 Å². The van der Waals surface area contributed by atoms with Crippen molar-refractivity contribution in [1.29, 1.82) is 0 Å². The summed E-state index contributed by atoms with van der Waals surface area (Å²) in [5, 5.41) is 0. The Bertz CT molecular complexity index is 261. The minimum absolute atomic E-state index is 0.177. The van der Waals surface area contributed by atoms with Gasteiger partial charge in [-0.3, -0.25) is 4.79 Å². The summed E-state index contributed by atoms with van der Waals surface area (Å²) in [6, 6.07) is 9.33. The van der Waals surface area contributed by atoms with Crippen molar-refractivity contribution in [2.75, 3.05) is 17.4 Å². The summed E-state index contributed by atoms with van der Waals surface area (Å²) in [5.74, 6) is 2.14. The molecule has 0 atom stereocenters. The first kappa shape index (κ1) is 10.6. The third-order valence-corrected chi connectivity index (χ3v) is 2.92. The van der Waals surface area contributed by atoms with E-state index in [4.69, 9.17) is 11.6 Å². The lowest BCUT2D eigenvalue weighted by atomic mass is 10.2. The zero-order valence-corrected chi connectivity index (χ0v) is 8.77. The van der Waals surface area contributed by atoms with E-state index in [2.05, 4.69) is 0 Å². The van der Waals surface area contributed by atoms with E-state index < -0.39 is 0 Å². The molecule has 0 bridgehead atoms. The largest absolute Gasteiger partial charge is 0.293 e. The van der Waals surface area contributed by atoms with E-state index >= 15 is 0 Å². The monoisotopic (exact) mass is 214 g/mol. The maximum atomic E-state index is 11.5. The van der Waals surface area contributed by atoms with Crippen LogP contribution in [0.5, 0.6) is 0 Å². The number of thioether (sulfide) groups is 1. The van der Waals surface area contributed by atoms with Gasteiger partial charge < -0.3 is 0 Å².